The summed E-state index contributed by atoms with van der Waals surface area (Å²) in [7, 11) is 0. The first-order chi connectivity index (χ1) is 7.79. The highest BCUT2D eigenvalue weighted by atomic mass is 14.3. The molecule has 0 aliphatic rings. The molecule has 1 rings (SSSR count). The number of hydrogen-bond donors (Lipinski definition) is 0. The average molecular weight is 232 g/mol. The molecular weight excluding hydrogens is 204 g/mol. The van der Waals surface area contributed by atoms with E-state index in [2.05, 4.69) is 60.6 Å². The van der Waals surface area contributed by atoms with Gasteiger partial charge in [-0.15, -0.1) is 0 Å². The summed E-state index contributed by atoms with van der Waals surface area (Å²) in [5.74, 6) is 0.612. The molecule has 0 fully saturated rings. The molecule has 0 saturated carbocycles. The largest absolute Gasteiger partial charge is 0.0654 e. The van der Waals surface area contributed by atoms with E-state index >= 15 is 0 Å². The monoisotopic (exact) mass is 232 g/mol. The van der Waals surface area contributed by atoms with E-state index in [4.69, 9.17) is 0 Å². The summed E-state index contributed by atoms with van der Waals surface area (Å²) in [6.45, 7) is 16.1. The summed E-state index contributed by atoms with van der Waals surface area (Å²) in [4.78, 5) is 0. The summed E-state index contributed by atoms with van der Waals surface area (Å²) < 4.78 is 0. The zero-order valence-electron chi connectivity index (χ0n) is 12.6. The van der Waals surface area contributed by atoms with Crippen LogP contribution in [0.5, 0.6) is 0 Å². The molecular formula is C17H28. The molecule has 17 heavy (non-hydrogen) atoms. The molecule has 0 heteroatoms. The highest BCUT2D eigenvalue weighted by Gasteiger charge is 2.24. The van der Waals surface area contributed by atoms with Gasteiger partial charge in [0.15, 0.2) is 0 Å². The number of hydrogen-bond acceptors (Lipinski definition) is 0. The Balaban J connectivity index is 3.35. The van der Waals surface area contributed by atoms with Gasteiger partial charge in [-0.3, -0.25) is 0 Å². The smallest absolute Gasteiger partial charge is 0.0101 e. The SMILES string of the molecule is CCCC(C)(C)c1cc(C)c(C)cc1C(C)C. The standard InChI is InChI=1S/C17H28/c1-8-9-17(6,7)16-11-14(5)13(4)10-15(16)12(2)3/h10-12H,8-9H2,1-7H3. The van der Waals surface area contributed by atoms with Crippen molar-refractivity contribution < 1.29 is 0 Å². The molecule has 0 radical (unpaired) electrons. The van der Waals surface area contributed by atoms with Crippen molar-refractivity contribution in [2.75, 3.05) is 0 Å². The Kier molecular flexibility index (Phi) is 4.41. The van der Waals surface area contributed by atoms with Gasteiger partial charge in [0.05, 0.1) is 0 Å². The van der Waals surface area contributed by atoms with E-state index in [1.165, 1.54) is 29.5 Å². The maximum absolute atomic E-state index is 2.42. The Labute approximate surface area is 107 Å². The molecule has 0 N–H and O–H groups in total. The zero-order valence-corrected chi connectivity index (χ0v) is 12.6. The molecule has 0 nitrogen and oxygen atoms in total. The highest BCUT2D eigenvalue weighted by molar-refractivity contribution is 5.42. The van der Waals surface area contributed by atoms with Crippen LogP contribution >= 0.6 is 0 Å². The maximum atomic E-state index is 2.42. The number of benzene rings is 1. The van der Waals surface area contributed by atoms with Crippen LogP contribution in [0.1, 0.15) is 75.6 Å². The quantitative estimate of drug-likeness (QED) is 0.642. The highest BCUT2D eigenvalue weighted by Crippen LogP contribution is 2.35. The molecule has 0 aromatic heterocycles. The van der Waals surface area contributed by atoms with Crippen molar-refractivity contribution in [3.63, 3.8) is 0 Å². The van der Waals surface area contributed by atoms with E-state index < -0.39 is 0 Å². The molecule has 0 aliphatic carbocycles. The minimum absolute atomic E-state index is 0.298. The first kappa shape index (κ1) is 14.3. The van der Waals surface area contributed by atoms with E-state index in [0.717, 1.165) is 0 Å². The van der Waals surface area contributed by atoms with Gasteiger partial charge in [-0.2, -0.15) is 0 Å². The number of aryl methyl sites for hydroxylation is 2. The van der Waals surface area contributed by atoms with Crippen molar-refractivity contribution in [3.8, 4) is 0 Å². The molecule has 0 unspecified atom stereocenters. The molecule has 0 atom stereocenters. The Morgan fingerprint density at radius 2 is 1.59 bits per heavy atom. The average Bonchev–Trinajstić information content (AvgIpc) is 2.20. The topological polar surface area (TPSA) is 0 Å². The fraction of sp³-hybridized carbons (Fsp3) is 0.647. The van der Waals surface area contributed by atoms with Crippen LogP contribution in [0.25, 0.3) is 0 Å². The van der Waals surface area contributed by atoms with Gasteiger partial charge in [0.2, 0.25) is 0 Å². The first-order valence-corrected chi connectivity index (χ1v) is 6.91. The predicted molar refractivity (Wildman–Crippen MR) is 77.9 cm³/mol. The van der Waals surface area contributed by atoms with E-state index in [9.17, 15) is 0 Å². The third kappa shape index (κ3) is 3.12. The van der Waals surface area contributed by atoms with Crippen molar-refractivity contribution in [3.05, 3.63) is 34.4 Å². The summed E-state index contributed by atoms with van der Waals surface area (Å²) in [5, 5.41) is 0. The second-order valence-electron chi connectivity index (χ2n) is 6.31. The molecule has 0 saturated heterocycles. The van der Waals surface area contributed by atoms with Gasteiger partial charge >= 0.3 is 0 Å². The maximum Gasteiger partial charge on any atom is -0.0101 e. The Bertz CT molecular complexity index is 383. The van der Waals surface area contributed by atoms with Crippen LogP contribution in [-0.4, -0.2) is 0 Å². The van der Waals surface area contributed by atoms with Gasteiger partial charge in [-0.1, -0.05) is 53.2 Å². The van der Waals surface area contributed by atoms with Crippen LogP contribution in [0.3, 0.4) is 0 Å². The summed E-state index contributed by atoms with van der Waals surface area (Å²) in [6, 6.07) is 4.81. The molecule has 96 valence electrons. The minimum Gasteiger partial charge on any atom is -0.0654 e. The van der Waals surface area contributed by atoms with Crippen molar-refractivity contribution in [2.24, 2.45) is 0 Å². The van der Waals surface area contributed by atoms with Gasteiger partial charge in [-0.05, 0) is 53.9 Å². The lowest BCUT2D eigenvalue weighted by atomic mass is 9.75. The van der Waals surface area contributed by atoms with Crippen LogP contribution in [-0.2, 0) is 5.41 Å². The zero-order chi connectivity index (χ0) is 13.2. The van der Waals surface area contributed by atoms with Crippen LogP contribution in [0.15, 0.2) is 12.1 Å². The molecule has 1 aromatic rings. The fourth-order valence-electron chi connectivity index (χ4n) is 2.66. The van der Waals surface area contributed by atoms with Crippen molar-refractivity contribution in [1.82, 2.24) is 0 Å². The summed E-state index contributed by atoms with van der Waals surface area (Å²) in [6.07, 6.45) is 2.51. The lowest BCUT2D eigenvalue weighted by Crippen LogP contribution is -2.20. The van der Waals surface area contributed by atoms with Crippen LogP contribution in [0.4, 0.5) is 0 Å². The second-order valence-corrected chi connectivity index (χ2v) is 6.31. The molecule has 0 bridgehead atoms. The Morgan fingerprint density at radius 3 is 2.06 bits per heavy atom. The van der Waals surface area contributed by atoms with Crippen LogP contribution in [0, 0.1) is 13.8 Å². The Hall–Kier alpha value is -0.780. The Morgan fingerprint density at radius 1 is 1.06 bits per heavy atom. The predicted octanol–water partition coefficient (Wildman–Crippen LogP) is 5.50. The van der Waals surface area contributed by atoms with E-state index in [-0.39, 0.29) is 0 Å². The van der Waals surface area contributed by atoms with Crippen molar-refractivity contribution in [2.45, 2.75) is 72.6 Å². The third-order valence-corrected chi connectivity index (χ3v) is 3.89. The van der Waals surface area contributed by atoms with E-state index in [1.54, 1.807) is 5.56 Å². The molecule has 0 aliphatic heterocycles. The molecule has 0 amide bonds. The first-order valence-electron chi connectivity index (χ1n) is 6.91. The normalized spacial score (nSPS) is 12.2. The van der Waals surface area contributed by atoms with Gasteiger partial charge < -0.3 is 0 Å². The lowest BCUT2D eigenvalue weighted by Gasteiger charge is -2.30. The second kappa shape index (κ2) is 5.25. The van der Waals surface area contributed by atoms with Gasteiger partial charge in [0.25, 0.3) is 0 Å². The van der Waals surface area contributed by atoms with Gasteiger partial charge in [0.1, 0.15) is 0 Å². The van der Waals surface area contributed by atoms with E-state index in [1.807, 2.05) is 0 Å². The van der Waals surface area contributed by atoms with Gasteiger partial charge in [0, 0.05) is 0 Å². The minimum atomic E-state index is 0.298. The van der Waals surface area contributed by atoms with Crippen LogP contribution < -0.4 is 0 Å². The van der Waals surface area contributed by atoms with Crippen molar-refractivity contribution >= 4 is 0 Å². The third-order valence-electron chi connectivity index (χ3n) is 3.89. The molecule has 0 spiro atoms. The summed E-state index contributed by atoms with van der Waals surface area (Å²) in [5.41, 5.74) is 6.23. The van der Waals surface area contributed by atoms with Crippen molar-refractivity contribution in [1.29, 1.82) is 0 Å². The van der Waals surface area contributed by atoms with E-state index in [0.29, 0.717) is 11.3 Å². The number of rotatable bonds is 4. The fourth-order valence-corrected chi connectivity index (χ4v) is 2.66. The van der Waals surface area contributed by atoms with Gasteiger partial charge in [-0.25, -0.2) is 0 Å². The summed E-state index contributed by atoms with van der Waals surface area (Å²) >= 11 is 0. The molecule has 1 aromatic carbocycles. The molecule has 0 heterocycles. The van der Waals surface area contributed by atoms with Crippen LogP contribution in [0.2, 0.25) is 0 Å². The lowest BCUT2D eigenvalue weighted by molar-refractivity contribution is 0.466.